The van der Waals surface area contributed by atoms with E-state index in [1.54, 1.807) is 31.2 Å². The molecule has 0 atom stereocenters. The minimum atomic E-state index is -0.964. The second kappa shape index (κ2) is 8.96. The van der Waals surface area contributed by atoms with Crippen molar-refractivity contribution < 1.29 is 14.3 Å². The fourth-order valence-electron chi connectivity index (χ4n) is 2.67. The van der Waals surface area contributed by atoms with Crippen LogP contribution in [0.3, 0.4) is 0 Å². The van der Waals surface area contributed by atoms with Crippen molar-refractivity contribution in [3.05, 3.63) is 83.1 Å². The molecule has 0 radical (unpaired) electrons. The monoisotopic (exact) mass is 393 g/mol. The Morgan fingerprint density at radius 3 is 2.68 bits per heavy atom. The van der Waals surface area contributed by atoms with E-state index >= 15 is 0 Å². The molecule has 0 fully saturated rings. The summed E-state index contributed by atoms with van der Waals surface area (Å²) < 4.78 is 5.75. The van der Waals surface area contributed by atoms with E-state index < -0.39 is 5.97 Å². The van der Waals surface area contributed by atoms with Gasteiger partial charge in [0, 0.05) is 12.1 Å². The summed E-state index contributed by atoms with van der Waals surface area (Å²) in [5.41, 5.74) is 5.48. The lowest BCUT2D eigenvalue weighted by atomic mass is 10.0. The Balaban J connectivity index is 1.59. The number of benzene rings is 2. The van der Waals surface area contributed by atoms with Crippen molar-refractivity contribution in [1.82, 2.24) is 10.7 Å². The van der Waals surface area contributed by atoms with Gasteiger partial charge in [-0.05, 0) is 48.5 Å². The van der Waals surface area contributed by atoms with Gasteiger partial charge in [-0.25, -0.2) is 4.79 Å². The number of carbonyl (C=O) groups is 1. The molecule has 0 bridgehead atoms. The number of hydrogen-bond acceptors (Lipinski definition) is 4. The summed E-state index contributed by atoms with van der Waals surface area (Å²) in [5, 5.41) is 16.8. The minimum absolute atomic E-state index is 0.251. The fourth-order valence-corrected chi connectivity index (χ4v) is 2.80. The van der Waals surface area contributed by atoms with Crippen LogP contribution in [0.25, 0.3) is 11.3 Å². The molecule has 3 N–H and O–H groups in total. The summed E-state index contributed by atoms with van der Waals surface area (Å²) in [4.78, 5) is 11.3. The van der Waals surface area contributed by atoms with Gasteiger partial charge in [0.05, 0.1) is 11.8 Å². The first-order valence-corrected chi connectivity index (χ1v) is 8.99. The summed E-state index contributed by atoms with van der Waals surface area (Å²) >= 11 is 5.18. The molecular weight excluding hydrogens is 374 g/mol. The van der Waals surface area contributed by atoms with Crippen LogP contribution >= 0.6 is 12.2 Å². The van der Waals surface area contributed by atoms with Gasteiger partial charge in [0.2, 0.25) is 0 Å². The average molecular weight is 393 g/mol. The number of carboxylic acid groups (broad SMARTS) is 1. The van der Waals surface area contributed by atoms with Gasteiger partial charge in [0.15, 0.2) is 5.11 Å². The topological polar surface area (TPSA) is 86.9 Å². The molecule has 142 valence electrons. The molecule has 0 saturated heterocycles. The highest BCUT2D eigenvalue weighted by atomic mass is 32.1. The maximum absolute atomic E-state index is 11.3. The van der Waals surface area contributed by atoms with Gasteiger partial charge in [-0.2, -0.15) is 5.10 Å². The van der Waals surface area contributed by atoms with Gasteiger partial charge < -0.3 is 14.8 Å². The molecule has 0 aliphatic heterocycles. The minimum Gasteiger partial charge on any atom is -0.478 e. The van der Waals surface area contributed by atoms with Crippen molar-refractivity contribution in [2.24, 2.45) is 5.10 Å². The molecular formula is C21H19N3O3S. The van der Waals surface area contributed by atoms with Crippen molar-refractivity contribution in [2.75, 3.05) is 0 Å². The number of nitrogens with one attached hydrogen (secondary N) is 2. The Kier molecular flexibility index (Phi) is 6.18. The molecule has 0 aliphatic carbocycles. The van der Waals surface area contributed by atoms with Crippen molar-refractivity contribution >= 4 is 29.5 Å². The van der Waals surface area contributed by atoms with Gasteiger partial charge >= 0.3 is 5.97 Å². The highest BCUT2D eigenvalue weighted by Gasteiger charge is 2.13. The standard InChI is InChI=1S/C21H19N3O3S/c1-14-17(8-5-9-18(14)20(25)26)19-11-10-16(27-19)13-23-24-21(28)22-12-15-6-3-2-4-7-15/h2-11,13H,12H2,1H3,(H,25,26)(H2,22,24,28)/b23-13-. The van der Waals surface area contributed by atoms with Crippen LogP contribution < -0.4 is 10.7 Å². The highest BCUT2D eigenvalue weighted by molar-refractivity contribution is 7.80. The van der Waals surface area contributed by atoms with Gasteiger partial charge in [-0.15, -0.1) is 0 Å². The number of nitrogens with zero attached hydrogens (tertiary/aromatic N) is 1. The second-order valence-electron chi connectivity index (χ2n) is 6.02. The van der Waals surface area contributed by atoms with Crippen LogP contribution in [0.2, 0.25) is 0 Å². The summed E-state index contributed by atoms with van der Waals surface area (Å²) in [6.45, 7) is 2.36. The first kappa shape index (κ1) is 19.3. The Hall–Kier alpha value is -3.45. The molecule has 6 nitrogen and oxygen atoms in total. The SMILES string of the molecule is Cc1c(C(=O)O)cccc1-c1ccc(/C=N\NC(=S)NCc2ccccc2)o1. The summed E-state index contributed by atoms with van der Waals surface area (Å²) in [7, 11) is 0. The molecule has 0 amide bonds. The Bertz CT molecular complexity index is 1010. The second-order valence-corrected chi connectivity index (χ2v) is 6.43. The van der Waals surface area contributed by atoms with E-state index in [1.807, 2.05) is 36.4 Å². The summed E-state index contributed by atoms with van der Waals surface area (Å²) in [6.07, 6.45) is 1.51. The third kappa shape index (κ3) is 4.83. The maximum Gasteiger partial charge on any atom is 0.335 e. The first-order valence-electron chi connectivity index (χ1n) is 8.58. The third-order valence-electron chi connectivity index (χ3n) is 4.11. The number of rotatable bonds is 6. The summed E-state index contributed by atoms with van der Waals surface area (Å²) in [5.74, 6) is 0.133. The van der Waals surface area contributed by atoms with E-state index in [0.717, 1.165) is 11.1 Å². The molecule has 1 aromatic heterocycles. The third-order valence-corrected chi connectivity index (χ3v) is 4.35. The highest BCUT2D eigenvalue weighted by Crippen LogP contribution is 2.27. The van der Waals surface area contributed by atoms with Crippen LogP contribution in [-0.4, -0.2) is 22.4 Å². The molecule has 0 unspecified atom stereocenters. The average Bonchev–Trinajstić information content (AvgIpc) is 3.16. The Labute approximate surface area is 167 Å². The lowest BCUT2D eigenvalue weighted by Gasteiger charge is -2.06. The largest absolute Gasteiger partial charge is 0.478 e. The van der Waals surface area contributed by atoms with Gasteiger partial charge in [0.1, 0.15) is 11.5 Å². The van der Waals surface area contributed by atoms with E-state index in [9.17, 15) is 9.90 Å². The van der Waals surface area contributed by atoms with Gasteiger partial charge in [-0.3, -0.25) is 5.43 Å². The lowest BCUT2D eigenvalue weighted by Crippen LogP contribution is -2.31. The van der Waals surface area contributed by atoms with Crippen LogP contribution in [0.5, 0.6) is 0 Å². The van der Waals surface area contributed by atoms with E-state index in [0.29, 0.717) is 28.7 Å². The normalized spacial score (nSPS) is 10.8. The van der Waals surface area contributed by atoms with E-state index in [1.165, 1.54) is 6.21 Å². The van der Waals surface area contributed by atoms with E-state index in [2.05, 4.69) is 15.8 Å². The molecule has 3 rings (SSSR count). The van der Waals surface area contributed by atoms with Crippen LogP contribution in [0.4, 0.5) is 0 Å². The zero-order valence-corrected chi connectivity index (χ0v) is 16.0. The smallest absolute Gasteiger partial charge is 0.335 e. The number of furan rings is 1. The molecule has 2 aromatic carbocycles. The van der Waals surface area contributed by atoms with Crippen molar-refractivity contribution in [2.45, 2.75) is 13.5 Å². The zero-order chi connectivity index (χ0) is 19.9. The Morgan fingerprint density at radius 1 is 1.14 bits per heavy atom. The summed E-state index contributed by atoms with van der Waals surface area (Å²) in [6, 6.07) is 18.5. The maximum atomic E-state index is 11.3. The molecule has 1 heterocycles. The van der Waals surface area contributed by atoms with Crippen molar-refractivity contribution in [1.29, 1.82) is 0 Å². The number of aromatic carboxylic acids is 1. The van der Waals surface area contributed by atoms with E-state index in [-0.39, 0.29) is 5.56 Å². The number of carboxylic acids is 1. The van der Waals surface area contributed by atoms with Crippen LogP contribution in [0.1, 0.15) is 27.2 Å². The van der Waals surface area contributed by atoms with Crippen LogP contribution in [-0.2, 0) is 6.54 Å². The van der Waals surface area contributed by atoms with Crippen molar-refractivity contribution in [3.8, 4) is 11.3 Å². The quantitative estimate of drug-likeness (QED) is 0.334. The Morgan fingerprint density at radius 2 is 1.93 bits per heavy atom. The predicted molar refractivity (Wildman–Crippen MR) is 112 cm³/mol. The molecule has 0 spiro atoms. The predicted octanol–water partition coefficient (Wildman–Crippen LogP) is 3.95. The van der Waals surface area contributed by atoms with Gasteiger partial charge in [-0.1, -0.05) is 42.5 Å². The molecule has 0 aliphatic rings. The number of hydrogen-bond donors (Lipinski definition) is 3. The van der Waals surface area contributed by atoms with Crippen LogP contribution in [0, 0.1) is 6.92 Å². The molecule has 0 saturated carbocycles. The molecule has 28 heavy (non-hydrogen) atoms. The number of hydrazone groups is 1. The van der Waals surface area contributed by atoms with E-state index in [4.69, 9.17) is 16.6 Å². The van der Waals surface area contributed by atoms with Crippen LogP contribution in [0.15, 0.2) is 70.2 Å². The number of thiocarbonyl (C=S) groups is 1. The fraction of sp³-hybridized carbons (Fsp3) is 0.0952. The zero-order valence-electron chi connectivity index (χ0n) is 15.2. The first-order chi connectivity index (χ1) is 13.5. The van der Waals surface area contributed by atoms with Crippen molar-refractivity contribution in [3.63, 3.8) is 0 Å². The lowest BCUT2D eigenvalue weighted by molar-refractivity contribution is 0.0696. The molecule has 7 heteroatoms. The van der Waals surface area contributed by atoms with Gasteiger partial charge in [0.25, 0.3) is 0 Å². The molecule has 3 aromatic rings.